The molecule has 3 amide bonds. The molecule has 0 aliphatic rings. The molecule has 0 bridgehead atoms. The Hall–Kier alpha value is -2.61. The number of amides is 3. The predicted octanol–water partition coefficient (Wildman–Crippen LogP) is 4.16. The van der Waals surface area contributed by atoms with Gasteiger partial charge in [0.15, 0.2) is 0 Å². The molecule has 3 N–H and O–H groups in total. The zero-order valence-electron chi connectivity index (χ0n) is 22.9. The van der Waals surface area contributed by atoms with Gasteiger partial charge in [0.25, 0.3) is 0 Å². The van der Waals surface area contributed by atoms with E-state index in [1.54, 1.807) is 20.8 Å². The predicted molar refractivity (Wildman–Crippen MR) is 138 cm³/mol. The summed E-state index contributed by atoms with van der Waals surface area (Å²) in [6.45, 7) is 16.4. The van der Waals surface area contributed by atoms with E-state index in [0.717, 1.165) is 36.0 Å². The molecule has 8 nitrogen and oxygen atoms in total. The fraction of sp³-hybridized carbons (Fsp3) is 0.667. The summed E-state index contributed by atoms with van der Waals surface area (Å²) in [6, 6.07) is 3.51. The number of hydrogen-bond donors (Lipinski definition) is 3. The van der Waals surface area contributed by atoms with Crippen LogP contribution in [0.15, 0.2) is 18.2 Å². The number of carbonyl (C=O) groups excluding carboxylic acids is 3. The Morgan fingerprint density at radius 3 is 2.06 bits per heavy atom. The van der Waals surface area contributed by atoms with E-state index in [1.807, 2.05) is 52.8 Å². The number of rotatable bonds is 10. The summed E-state index contributed by atoms with van der Waals surface area (Å²) in [4.78, 5) is 41.4. The highest BCUT2D eigenvalue weighted by molar-refractivity contribution is 5.93. The number of unbranched alkanes of at least 4 members (excludes halogenated alkanes) is 2. The van der Waals surface area contributed by atoms with Gasteiger partial charge < -0.3 is 25.4 Å². The van der Waals surface area contributed by atoms with E-state index in [-0.39, 0.29) is 5.91 Å². The lowest BCUT2D eigenvalue weighted by molar-refractivity contribution is -0.149. The van der Waals surface area contributed by atoms with Crippen LogP contribution in [0, 0.1) is 13.8 Å². The molecule has 198 valence electrons. The number of hydrogen-bond acceptors (Lipinski definition) is 5. The van der Waals surface area contributed by atoms with Crippen LogP contribution in [0.4, 0.5) is 4.79 Å². The summed E-state index contributed by atoms with van der Waals surface area (Å²) in [5.41, 5.74) is 0.913. The number of benzene rings is 1. The molecule has 35 heavy (non-hydrogen) atoms. The van der Waals surface area contributed by atoms with Crippen LogP contribution >= 0.6 is 0 Å². The van der Waals surface area contributed by atoms with E-state index >= 15 is 0 Å². The average Bonchev–Trinajstić information content (AvgIpc) is 2.71. The first-order chi connectivity index (χ1) is 16.1. The van der Waals surface area contributed by atoms with E-state index in [1.165, 1.54) is 4.90 Å². The van der Waals surface area contributed by atoms with Gasteiger partial charge in [0, 0.05) is 12.1 Å². The average molecular weight is 492 g/mol. The van der Waals surface area contributed by atoms with Gasteiger partial charge in [-0.3, -0.25) is 9.59 Å². The van der Waals surface area contributed by atoms with Crippen molar-refractivity contribution >= 4 is 17.9 Å². The third kappa shape index (κ3) is 9.17. The van der Waals surface area contributed by atoms with Gasteiger partial charge in [0.1, 0.15) is 17.7 Å². The minimum absolute atomic E-state index is 0.296. The lowest BCUT2D eigenvalue weighted by Crippen LogP contribution is -2.59. The first-order valence-electron chi connectivity index (χ1n) is 12.4. The topological polar surface area (TPSA) is 108 Å². The van der Waals surface area contributed by atoms with Crippen molar-refractivity contribution in [1.29, 1.82) is 0 Å². The molecule has 0 aliphatic heterocycles. The molecule has 1 aromatic carbocycles. The molecule has 0 fully saturated rings. The number of carbonyl (C=O) groups is 3. The highest BCUT2D eigenvalue weighted by Crippen LogP contribution is 2.33. The maximum atomic E-state index is 13.9. The number of aryl methyl sites for hydroxylation is 2. The zero-order valence-corrected chi connectivity index (χ0v) is 22.9. The summed E-state index contributed by atoms with van der Waals surface area (Å²) < 4.78 is 5.28. The fourth-order valence-electron chi connectivity index (χ4n) is 3.97. The molecule has 1 rings (SSSR count). The van der Waals surface area contributed by atoms with Gasteiger partial charge in [-0.1, -0.05) is 38.0 Å². The van der Waals surface area contributed by atoms with Crippen LogP contribution in [0.25, 0.3) is 0 Å². The molecule has 2 unspecified atom stereocenters. The molecular weight excluding hydrogens is 446 g/mol. The number of alkyl carbamates (subject to hydrolysis) is 1. The second kappa shape index (κ2) is 12.9. The quantitative estimate of drug-likeness (QED) is 0.426. The van der Waals surface area contributed by atoms with Gasteiger partial charge in [0.05, 0.1) is 6.61 Å². The van der Waals surface area contributed by atoms with Crippen LogP contribution in [-0.4, -0.2) is 58.2 Å². The standard InChI is InChI=1S/C27H45N3O5/c1-10-11-12-16-28-23(32)22(21-18(2)14-13-15-19(21)3)30(26(4,5)6)24(33)20(17-31)29-25(34)35-27(7,8)9/h13-15,20,22,31H,10-12,16-17H2,1-9H3,(H,28,32)(H,29,34). The Morgan fingerprint density at radius 1 is 1.03 bits per heavy atom. The van der Waals surface area contributed by atoms with E-state index in [0.29, 0.717) is 6.54 Å². The number of ether oxygens (including phenoxy) is 1. The van der Waals surface area contributed by atoms with Crippen molar-refractivity contribution < 1.29 is 24.2 Å². The van der Waals surface area contributed by atoms with Gasteiger partial charge in [0.2, 0.25) is 11.8 Å². The van der Waals surface area contributed by atoms with E-state index in [2.05, 4.69) is 17.6 Å². The van der Waals surface area contributed by atoms with Crippen molar-refractivity contribution in [2.75, 3.05) is 13.2 Å². The van der Waals surface area contributed by atoms with Crippen molar-refractivity contribution in [2.24, 2.45) is 0 Å². The minimum atomic E-state index is -1.27. The lowest BCUT2D eigenvalue weighted by atomic mass is 9.90. The second-order valence-corrected chi connectivity index (χ2v) is 11.0. The minimum Gasteiger partial charge on any atom is -0.444 e. The smallest absolute Gasteiger partial charge is 0.408 e. The molecule has 1 aromatic rings. The van der Waals surface area contributed by atoms with E-state index in [4.69, 9.17) is 4.74 Å². The maximum Gasteiger partial charge on any atom is 0.408 e. The molecule has 0 saturated heterocycles. The van der Waals surface area contributed by atoms with Crippen LogP contribution in [0.1, 0.15) is 90.5 Å². The third-order valence-corrected chi connectivity index (χ3v) is 5.53. The number of aliphatic hydroxyl groups is 1. The molecule has 0 aromatic heterocycles. The number of nitrogens with zero attached hydrogens (tertiary/aromatic N) is 1. The highest BCUT2D eigenvalue weighted by atomic mass is 16.6. The SMILES string of the molecule is CCCCCNC(=O)C(c1c(C)cccc1C)N(C(=O)C(CO)NC(=O)OC(C)(C)C)C(C)(C)C. The highest BCUT2D eigenvalue weighted by Gasteiger charge is 2.42. The molecule has 0 aliphatic carbocycles. The Kier molecular flexibility index (Phi) is 11.2. The van der Waals surface area contributed by atoms with Crippen LogP contribution in [-0.2, 0) is 14.3 Å². The normalized spacial score (nSPS) is 13.5. The van der Waals surface area contributed by atoms with Crippen LogP contribution in [0.3, 0.4) is 0 Å². The van der Waals surface area contributed by atoms with E-state index < -0.39 is 41.8 Å². The van der Waals surface area contributed by atoms with Crippen molar-refractivity contribution in [3.63, 3.8) is 0 Å². The van der Waals surface area contributed by atoms with Crippen molar-refractivity contribution in [2.45, 2.75) is 105 Å². The Bertz CT molecular complexity index is 850. The first-order valence-corrected chi connectivity index (χ1v) is 12.4. The monoisotopic (exact) mass is 491 g/mol. The second-order valence-electron chi connectivity index (χ2n) is 11.0. The largest absolute Gasteiger partial charge is 0.444 e. The summed E-state index contributed by atoms with van der Waals surface area (Å²) in [5, 5.41) is 15.5. The van der Waals surface area contributed by atoms with Gasteiger partial charge >= 0.3 is 6.09 Å². The van der Waals surface area contributed by atoms with Crippen LogP contribution < -0.4 is 10.6 Å². The zero-order chi connectivity index (χ0) is 27.0. The van der Waals surface area contributed by atoms with Gasteiger partial charge in [-0.15, -0.1) is 0 Å². The molecule has 0 saturated carbocycles. The lowest BCUT2D eigenvalue weighted by Gasteiger charge is -2.43. The van der Waals surface area contributed by atoms with Crippen molar-refractivity contribution in [3.8, 4) is 0 Å². The molecule has 0 heterocycles. The number of nitrogens with one attached hydrogen (secondary N) is 2. The fourth-order valence-corrected chi connectivity index (χ4v) is 3.97. The van der Waals surface area contributed by atoms with Gasteiger partial charge in [-0.2, -0.15) is 0 Å². The maximum absolute atomic E-state index is 13.9. The summed E-state index contributed by atoms with van der Waals surface area (Å²) in [6.07, 6.45) is 2.04. The molecule has 0 spiro atoms. The van der Waals surface area contributed by atoms with Crippen molar-refractivity contribution in [3.05, 3.63) is 34.9 Å². The number of aliphatic hydroxyl groups excluding tert-OH is 1. The van der Waals surface area contributed by atoms with Crippen molar-refractivity contribution in [1.82, 2.24) is 15.5 Å². The van der Waals surface area contributed by atoms with Crippen LogP contribution in [0.2, 0.25) is 0 Å². The Labute approximate surface area is 210 Å². The molecular formula is C27H45N3O5. The van der Waals surface area contributed by atoms with Crippen LogP contribution in [0.5, 0.6) is 0 Å². The summed E-state index contributed by atoms with van der Waals surface area (Å²) in [5.74, 6) is -0.863. The summed E-state index contributed by atoms with van der Waals surface area (Å²) >= 11 is 0. The molecule has 8 heteroatoms. The Balaban J connectivity index is 3.49. The summed E-state index contributed by atoms with van der Waals surface area (Å²) in [7, 11) is 0. The molecule has 0 radical (unpaired) electrons. The van der Waals surface area contributed by atoms with E-state index in [9.17, 15) is 19.5 Å². The molecule has 2 atom stereocenters. The first kappa shape index (κ1) is 30.4. The van der Waals surface area contributed by atoms with Gasteiger partial charge in [-0.25, -0.2) is 4.79 Å². The third-order valence-electron chi connectivity index (χ3n) is 5.53. The van der Waals surface area contributed by atoms with Gasteiger partial charge in [-0.05, 0) is 78.5 Å². The Morgan fingerprint density at radius 2 is 1.60 bits per heavy atom.